The zero-order chi connectivity index (χ0) is 30.4. The van der Waals surface area contributed by atoms with E-state index in [1.807, 2.05) is 0 Å². The van der Waals surface area contributed by atoms with Gasteiger partial charge in [-0.2, -0.15) is 4.57 Å². The SMILES string of the molecule is CC(C)c1cc2[n+]3c(c1)-c1cc(C(C)C)c4c5ccccc5n5c4[n+]1C31c3c(cccc3-5)-n3c4ccccc4c4ccc(c1c43)O2. The third kappa shape index (κ3) is 2.25. The Hall–Kier alpha value is -5.42. The van der Waals surface area contributed by atoms with Crippen molar-refractivity contribution in [3.05, 3.63) is 119 Å². The van der Waals surface area contributed by atoms with Gasteiger partial charge in [0.15, 0.2) is 11.4 Å². The lowest BCUT2D eigenvalue weighted by Crippen LogP contribution is -2.74. The number of hydrogen-bond donors (Lipinski definition) is 0. The highest BCUT2D eigenvalue weighted by Crippen LogP contribution is 2.58. The molecule has 5 heteroatoms. The van der Waals surface area contributed by atoms with Gasteiger partial charge in [-0.15, -0.1) is 9.13 Å². The highest BCUT2D eigenvalue weighted by molar-refractivity contribution is 6.13. The molecule has 5 nitrogen and oxygen atoms in total. The van der Waals surface area contributed by atoms with Gasteiger partial charge in [-0.1, -0.05) is 64.1 Å². The molecule has 1 atom stereocenters. The van der Waals surface area contributed by atoms with Crippen LogP contribution in [0.3, 0.4) is 0 Å². The Bertz CT molecular complexity index is 2800. The van der Waals surface area contributed by atoms with Crippen LogP contribution in [0.1, 0.15) is 61.8 Å². The summed E-state index contributed by atoms with van der Waals surface area (Å²) in [5.41, 5.74) is 14.5. The monoisotopic (exact) mass is 594 g/mol. The zero-order valence-electron chi connectivity index (χ0n) is 26.1. The molecule has 12 rings (SSSR count). The largest absolute Gasteiger partial charge is 0.404 e. The number of pyridine rings is 2. The maximum atomic E-state index is 7.06. The van der Waals surface area contributed by atoms with Crippen LogP contribution in [-0.4, -0.2) is 9.13 Å². The van der Waals surface area contributed by atoms with Crippen molar-refractivity contribution in [2.24, 2.45) is 0 Å². The number of nitrogens with zero attached hydrogens (tertiary/aromatic N) is 4. The van der Waals surface area contributed by atoms with E-state index in [9.17, 15) is 0 Å². The van der Waals surface area contributed by atoms with Crippen LogP contribution in [0.2, 0.25) is 0 Å². The van der Waals surface area contributed by atoms with E-state index in [0.29, 0.717) is 11.8 Å². The van der Waals surface area contributed by atoms with Crippen LogP contribution in [0.25, 0.3) is 66.5 Å². The van der Waals surface area contributed by atoms with Crippen molar-refractivity contribution in [2.45, 2.75) is 45.2 Å². The minimum Gasteiger partial charge on any atom is -0.404 e. The lowest BCUT2D eigenvalue weighted by molar-refractivity contribution is -0.932. The van der Waals surface area contributed by atoms with E-state index in [4.69, 9.17) is 4.74 Å². The van der Waals surface area contributed by atoms with Gasteiger partial charge in [0.05, 0.1) is 28.2 Å². The van der Waals surface area contributed by atoms with Crippen molar-refractivity contribution in [3.63, 3.8) is 0 Å². The highest BCUT2D eigenvalue weighted by Gasteiger charge is 2.71. The molecule has 8 aromatic rings. The Balaban J connectivity index is 1.45. The lowest BCUT2D eigenvalue weighted by atomic mass is 9.81. The summed E-state index contributed by atoms with van der Waals surface area (Å²) in [7, 11) is 0. The van der Waals surface area contributed by atoms with E-state index in [0.717, 1.165) is 11.6 Å². The third-order valence-corrected chi connectivity index (χ3v) is 11.3. The van der Waals surface area contributed by atoms with Crippen LogP contribution < -0.4 is 13.9 Å². The molecule has 46 heavy (non-hydrogen) atoms. The first kappa shape index (κ1) is 23.9. The maximum absolute atomic E-state index is 7.06. The van der Waals surface area contributed by atoms with Crippen molar-refractivity contribution in [1.29, 1.82) is 0 Å². The molecule has 0 saturated carbocycles. The van der Waals surface area contributed by atoms with Gasteiger partial charge in [0.25, 0.3) is 5.69 Å². The first-order valence-corrected chi connectivity index (χ1v) is 16.5. The lowest BCUT2D eigenvalue weighted by Gasteiger charge is -2.37. The second-order valence-electron chi connectivity index (χ2n) is 14.2. The Kier molecular flexibility index (Phi) is 3.81. The second kappa shape index (κ2) is 7.34. The minimum atomic E-state index is -0.642. The summed E-state index contributed by atoms with van der Waals surface area (Å²) in [6.07, 6.45) is 0. The quantitative estimate of drug-likeness (QED) is 0.184. The number of aromatic nitrogens is 4. The van der Waals surface area contributed by atoms with Gasteiger partial charge in [0.2, 0.25) is 5.69 Å². The topological polar surface area (TPSA) is 26.8 Å². The van der Waals surface area contributed by atoms with Gasteiger partial charge < -0.3 is 9.30 Å². The summed E-state index contributed by atoms with van der Waals surface area (Å²) in [5.74, 6) is 2.56. The molecular weight excluding hydrogens is 564 g/mol. The van der Waals surface area contributed by atoms with Crippen molar-refractivity contribution in [2.75, 3.05) is 0 Å². The Labute approximate surface area is 265 Å². The minimum absolute atomic E-state index is 0.352. The van der Waals surface area contributed by atoms with Crippen molar-refractivity contribution in [1.82, 2.24) is 9.13 Å². The first-order valence-electron chi connectivity index (χ1n) is 16.5. The van der Waals surface area contributed by atoms with E-state index in [-0.39, 0.29) is 0 Å². The molecule has 4 aliphatic heterocycles. The summed E-state index contributed by atoms with van der Waals surface area (Å²) in [6.45, 7) is 9.24. The second-order valence-corrected chi connectivity index (χ2v) is 14.2. The van der Waals surface area contributed by atoms with E-state index in [1.54, 1.807) is 0 Å². The predicted molar refractivity (Wildman–Crippen MR) is 181 cm³/mol. The maximum Gasteiger partial charge on any atom is 0.378 e. The summed E-state index contributed by atoms with van der Waals surface area (Å²) < 4.78 is 17.4. The third-order valence-electron chi connectivity index (χ3n) is 11.3. The Morgan fingerprint density at radius 1 is 0.630 bits per heavy atom. The molecule has 1 unspecified atom stereocenters. The molecule has 0 aliphatic carbocycles. The molecule has 0 saturated heterocycles. The molecule has 0 fully saturated rings. The molecule has 0 bridgehead atoms. The molecule has 218 valence electrons. The van der Waals surface area contributed by atoms with Gasteiger partial charge in [-0.05, 0) is 71.5 Å². The number of rotatable bonds is 2. The fourth-order valence-electron chi connectivity index (χ4n) is 9.61. The molecular formula is C41H30N4O+2. The van der Waals surface area contributed by atoms with Crippen LogP contribution in [0, 0.1) is 0 Å². The molecule has 4 aliphatic rings. The average Bonchev–Trinajstić information content (AvgIpc) is 3.69. The summed E-state index contributed by atoms with van der Waals surface area (Å²) in [6, 6.07) is 36.5. The van der Waals surface area contributed by atoms with Crippen LogP contribution in [0.5, 0.6) is 11.6 Å². The average molecular weight is 595 g/mol. The summed E-state index contributed by atoms with van der Waals surface area (Å²) >= 11 is 0. The Morgan fingerprint density at radius 3 is 2.13 bits per heavy atom. The predicted octanol–water partition coefficient (Wildman–Crippen LogP) is 8.71. The molecule has 0 amide bonds. The summed E-state index contributed by atoms with van der Waals surface area (Å²) in [4.78, 5) is 0. The number of benzene rings is 4. The van der Waals surface area contributed by atoms with E-state index >= 15 is 0 Å². The molecule has 8 heterocycles. The number of ether oxygens (including phenoxy) is 1. The van der Waals surface area contributed by atoms with Gasteiger partial charge in [0, 0.05) is 22.2 Å². The number of fused-ring (bicyclic) bond motifs is 9. The van der Waals surface area contributed by atoms with Crippen LogP contribution in [0.4, 0.5) is 0 Å². The van der Waals surface area contributed by atoms with Crippen molar-refractivity contribution in [3.8, 4) is 34.4 Å². The first-order chi connectivity index (χ1) is 22.5. The van der Waals surface area contributed by atoms with E-state index < -0.39 is 5.66 Å². The van der Waals surface area contributed by atoms with Crippen LogP contribution >= 0.6 is 0 Å². The van der Waals surface area contributed by atoms with Gasteiger partial charge in [0.1, 0.15) is 16.6 Å². The van der Waals surface area contributed by atoms with Crippen molar-refractivity contribution < 1.29 is 13.9 Å². The van der Waals surface area contributed by atoms with Crippen LogP contribution in [0.15, 0.2) is 97.1 Å². The highest BCUT2D eigenvalue weighted by atomic mass is 16.5. The fourth-order valence-corrected chi connectivity index (χ4v) is 9.61. The standard InChI is InChI=1S/C41H30N4O/c1-21(2)23-18-32-33-20-27(22(3)4)36-26-11-6-8-13-29(26)43-31-15-9-14-30-37(31)41(45(33)40(36)43)38-34(46-35(19-23)44(32)41)17-16-25-24-10-5-7-12-28(24)42(30)39(25)38/h5-22H,1-4H3/q+2. The van der Waals surface area contributed by atoms with Gasteiger partial charge in [-0.3, -0.25) is 0 Å². The number of hydrogen-bond acceptors (Lipinski definition) is 1. The van der Waals surface area contributed by atoms with Crippen LogP contribution in [-0.2, 0) is 5.66 Å². The molecule has 4 aromatic heterocycles. The van der Waals surface area contributed by atoms with E-state index in [1.165, 1.54) is 88.8 Å². The molecule has 4 aromatic carbocycles. The summed E-state index contributed by atoms with van der Waals surface area (Å²) in [5, 5.41) is 5.20. The Morgan fingerprint density at radius 2 is 1.35 bits per heavy atom. The zero-order valence-corrected chi connectivity index (χ0v) is 26.1. The van der Waals surface area contributed by atoms with Crippen molar-refractivity contribution >= 4 is 43.7 Å². The van der Waals surface area contributed by atoms with Gasteiger partial charge >= 0.3 is 17.2 Å². The van der Waals surface area contributed by atoms with E-state index in [2.05, 4.69) is 143 Å². The normalized spacial score (nSPS) is 17.3. The van der Waals surface area contributed by atoms with Gasteiger partial charge in [-0.25, -0.2) is 0 Å². The molecule has 1 spiro atoms. The molecule has 0 radical (unpaired) electrons. The number of para-hydroxylation sites is 2. The smallest absolute Gasteiger partial charge is 0.378 e. The fraction of sp³-hybridized carbons (Fsp3) is 0.171. The molecule has 0 N–H and O–H groups in total.